The monoisotopic (exact) mass is 216 g/mol. The van der Waals surface area contributed by atoms with E-state index < -0.39 is 12.4 Å². The van der Waals surface area contributed by atoms with Gasteiger partial charge in [0.2, 0.25) is 0 Å². The first-order valence-electron chi connectivity index (χ1n) is 4.79. The second kappa shape index (κ2) is 4.59. The maximum atomic E-state index is 11.1. The Morgan fingerprint density at radius 1 is 1.40 bits per heavy atom. The van der Waals surface area contributed by atoms with Crippen LogP contribution in [-0.2, 0) is 28.5 Å². The smallest absolute Gasteiger partial charge is 0.306 e. The van der Waals surface area contributed by atoms with Crippen molar-refractivity contribution < 1.29 is 28.5 Å². The van der Waals surface area contributed by atoms with Crippen molar-refractivity contribution >= 4 is 12.4 Å². The Kier molecular flexibility index (Phi) is 3.17. The largest absolute Gasteiger partial charge is 0.464 e. The SMILES string of the molecule is O=COC[C@H]1OC(=O)C[C@@H]1C1OCCO1. The van der Waals surface area contributed by atoms with E-state index in [0.717, 1.165) is 0 Å². The summed E-state index contributed by atoms with van der Waals surface area (Å²) < 4.78 is 20.2. The number of carbonyl (C=O) groups excluding carboxylic acids is 2. The third-order valence-electron chi connectivity index (χ3n) is 2.49. The Labute approximate surface area is 86.4 Å². The minimum atomic E-state index is -0.453. The standard InChI is InChI=1S/C9H12O6/c10-5-12-4-7-6(3-8(11)15-7)9-13-1-2-14-9/h5-7,9H,1-4H2/t6-,7+/m0/s1. The Balaban J connectivity index is 1.94. The van der Waals surface area contributed by atoms with Crippen LogP contribution in [0.1, 0.15) is 6.42 Å². The third-order valence-corrected chi connectivity index (χ3v) is 2.49. The molecule has 0 aromatic heterocycles. The van der Waals surface area contributed by atoms with Crippen molar-refractivity contribution in [1.29, 1.82) is 0 Å². The van der Waals surface area contributed by atoms with E-state index in [2.05, 4.69) is 4.74 Å². The lowest BCUT2D eigenvalue weighted by atomic mass is 10.0. The molecule has 6 heteroatoms. The Hall–Kier alpha value is -1.14. The van der Waals surface area contributed by atoms with Crippen LogP contribution >= 0.6 is 0 Å². The molecule has 0 saturated carbocycles. The van der Waals surface area contributed by atoms with Crippen molar-refractivity contribution in [1.82, 2.24) is 0 Å². The van der Waals surface area contributed by atoms with Crippen molar-refractivity contribution in [2.24, 2.45) is 5.92 Å². The molecule has 0 amide bonds. The lowest BCUT2D eigenvalue weighted by Crippen LogP contribution is -2.32. The van der Waals surface area contributed by atoms with Gasteiger partial charge >= 0.3 is 5.97 Å². The number of rotatable bonds is 4. The first-order valence-corrected chi connectivity index (χ1v) is 4.79. The zero-order valence-electron chi connectivity index (χ0n) is 8.09. The number of carbonyl (C=O) groups is 2. The van der Waals surface area contributed by atoms with Gasteiger partial charge in [-0.15, -0.1) is 0 Å². The maximum absolute atomic E-state index is 11.1. The summed E-state index contributed by atoms with van der Waals surface area (Å²) in [6.07, 6.45) is -0.625. The van der Waals surface area contributed by atoms with Crippen molar-refractivity contribution in [2.75, 3.05) is 19.8 Å². The highest BCUT2D eigenvalue weighted by Gasteiger charge is 2.43. The average molecular weight is 216 g/mol. The predicted molar refractivity (Wildman–Crippen MR) is 45.7 cm³/mol. The molecule has 6 nitrogen and oxygen atoms in total. The molecule has 2 atom stereocenters. The highest BCUT2D eigenvalue weighted by molar-refractivity contribution is 5.72. The van der Waals surface area contributed by atoms with Gasteiger partial charge in [-0.2, -0.15) is 0 Å². The van der Waals surface area contributed by atoms with Crippen LogP contribution in [0.3, 0.4) is 0 Å². The lowest BCUT2D eigenvalue weighted by molar-refractivity contribution is -0.150. The highest BCUT2D eigenvalue weighted by Crippen LogP contribution is 2.29. The molecule has 0 spiro atoms. The lowest BCUT2D eigenvalue weighted by Gasteiger charge is -2.20. The molecule has 15 heavy (non-hydrogen) atoms. The zero-order chi connectivity index (χ0) is 10.7. The number of hydrogen-bond donors (Lipinski definition) is 0. The molecule has 0 radical (unpaired) electrons. The Bertz CT molecular complexity index is 247. The molecule has 0 aliphatic carbocycles. The van der Waals surface area contributed by atoms with Crippen LogP contribution in [0.5, 0.6) is 0 Å². The van der Waals surface area contributed by atoms with Crippen molar-refractivity contribution in [3.63, 3.8) is 0 Å². The van der Waals surface area contributed by atoms with E-state index in [1.165, 1.54) is 0 Å². The van der Waals surface area contributed by atoms with Gasteiger partial charge in [-0.25, -0.2) is 0 Å². The molecule has 0 bridgehead atoms. The number of esters is 1. The number of hydrogen-bond acceptors (Lipinski definition) is 6. The van der Waals surface area contributed by atoms with Crippen LogP contribution in [0.15, 0.2) is 0 Å². The second-order valence-corrected chi connectivity index (χ2v) is 3.44. The topological polar surface area (TPSA) is 71.1 Å². The van der Waals surface area contributed by atoms with Crippen molar-refractivity contribution in [3.05, 3.63) is 0 Å². The minimum Gasteiger partial charge on any atom is -0.464 e. The molecule has 0 unspecified atom stereocenters. The first kappa shape index (κ1) is 10.4. The summed E-state index contributed by atoms with van der Waals surface area (Å²) in [6.45, 7) is 1.44. The minimum absolute atomic E-state index is 0.0587. The van der Waals surface area contributed by atoms with E-state index in [-0.39, 0.29) is 24.9 Å². The van der Waals surface area contributed by atoms with Gasteiger partial charge in [0, 0.05) is 0 Å². The quantitative estimate of drug-likeness (QED) is 0.464. The average Bonchev–Trinajstić information content (AvgIpc) is 2.83. The molecule has 2 rings (SSSR count). The normalized spacial score (nSPS) is 31.6. The van der Waals surface area contributed by atoms with E-state index in [4.69, 9.17) is 14.2 Å². The summed E-state index contributed by atoms with van der Waals surface area (Å²) in [6, 6.07) is 0. The predicted octanol–water partition coefficient (Wildman–Crippen LogP) is -0.536. The van der Waals surface area contributed by atoms with Gasteiger partial charge in [0.15, 0.2) is 6.29 Å². The van der Waals surface area contributed by atoms with Gasteiger partial charge in [-0.05, 0) is 0 Å². The third kappa shape index (κ3) is 2.27. The fourth-order valence-electron chi connectivity index (χ4n) is 1.82. The van der Waals surface area contributed by atoms with Crippen molar-refractivity contribution in [2.45, 2.75) is 18.8 Å². The molecule has 2 fully saturated rings. The summed E-state index contributed by atoms with van der Waals surface area (Å²) in [4.78, 5) is 21.2. The van der Waals surface area contributed by atoms with Gasteiger partial charge in [-0.3, -0.25) is 9.59 Å². The molecule has 0 aromatic rings. The molecular formula is C9H12O6. The summed E-state index contributed by atoms with van der Waals surface area (Å²) in [5.41, 5.74) is 0. The van der Waals surface area contributed by atoms with Crippen LogP contribution in [0, 0.1) is 5.92 Å². The van der Waals surface area contributed by atoms with E-state index in [0.29, 0.717) is 19.7 Å². The molecule has 2 saturated heterocycles. The molecule has 0 aromatic carbocycles. The van der Waals surface area contributed by atoms with Crippen LogP contribution in [0.4, 0.5) is 0 Å². The fourth-order valence-corrected chi connectivity index (χ4v) is 1.82. The maximum Gasteiger partial charge on any atom is 0.306 e. The summed E-state index contributed by atoms with van der Waals surface area (Å²) in [5.74, 6) is -0.487. The van der Waals surface area contributed by atoms with Gasteiger partial charge in [0.05, 0.1) is 25.6 Å². The summed E-state index contributed by atoms with van der Waals surface area (Å²) in [7, 11) is 0. The van der Waals surface area contributed by atoms with Gasteiger partial charge in [-0.1, -0.05) is 0 Å². The first-order chi connectivity index (χ1) is 7.31. The zero-order valence-corrected chi connectivity index (χ0v) is 8.09. The highest BCUT2D eigenvalue weighted by atomic mass is 16.7. The number of cyclic esters (lactones) is 1. The molecule has 0 N–H and O–H groups in total. The second-order valence-electron chi connectivity index (χ2n) is 3.44. The molecular weight excluding hydrogens is 204 g/mol. The summed E-state index contributed by atoms with van der Waals surface area (Å²) >= 11 is 0. The Morgan fingerprint density at radius 3 is 2.80 bits per heavy atom. The van der Waals surface area contributed by atoms with Crippen LogP contribution in [-0.4, -0.2) is 44.7 Å². The van der Waals surface area contributed by atoms with E-state index >= 15 is 0 Å². The van der Waals surface area contributed by atoms with E-state index in [9.17, 15) is 9.59 Å². The van der Waals surface area contributed by atoms with Crippen LogP contribution in [0.2, 0.25) is 0 Å². The summed E-state index contributed by atoms with van der Waals surface area (Å²) in [5, 5.41) is 0. The van der Waals surface area contributed by atoms with E-state index in [1.807, 2.05) is 0 Å². The Morgan fingerprint density at radius 2 is 2.13 bits per heavy atom. The van der Waals surface area contributed by atoms with Crippen LogP contribution in [0.25, 0.3) is 0 Å². The van der Waals surface area contributed by atoms with Crippen molar-refractivity contribution in [3.8, 4) is 0 Å². The van der Waals surface area contributed by atoms with Gasteiger partial charge < -0.3 is 18.9 Å². The molecule has 2 heterocycles. The van der Waals surface area contributed by atoms with Gasteiger partial charge in [0.25, 0.3) is 6.47 Å². The van der Waals surface area contributed by atoms with Crippen LogP contribution < -0.4 is 0 Å². The molecule has 2 aliphatic rings. The fraction of sp³-hybridized carbons (Fsp3) is 0.778. The molecule has 84 valence electrons. The van der Waals surface area contributed by atoms with E-state index in [1.54, 1.807) is 0 Å². The molecule has 2 aliphatic heterocycles. The van der Waals surface area contributed by atoms with Gasteiger partial charge in [0.1, 0.15) is 12.7 Å². The number of ether oxygens (including phenoxy) is 4.